The molecule has 68 valence electrons. The lowest BCUT2D eigenvalue weighted by atomic mass is 10.1. The lowest BCUT2D eigenvalue weighted by Gasteiger charge is -2.19. The standard InChI is InChI=1S/C10H23N/c1-5-6-7-8-9-10(2)11(3)4/h10H,5-9H2,1-4H3/t10-/m0/s1. The van der Waals surface area contributed by atoms with Gasteiger partial charge in [-0.3, -0.25) is 0 Å². The Labute approximate surface area is 71.8 Å². The van der Waals surface area contributed by atoms with Crippen molar-refractivity contribution in [1.29, 1.82) is 0 Å². The summed E-state index contributed by atoms with van der Waals surface area (Å²) < 4.78 is 0. The topological polar surface area (TPSA) is 3.24 Å². The predicted octanol–water partition coefficient (Wildman–Crippen LogP) is 2.91. The first-order valence-electron chi connectivity index (χ1n) is 4.85. The maximum Gasteiger partial charge on any atom is 0.00608 e. The molecule has 0 aliphatic rings. The Morgan fingerprint density at radius 3 is 2.18 bits per heavy atom. The summed E-state index contributed by atoms with van der Waals surface area (Å²) in [5.74, 6) is 0. The van der Waals surface area contributed by atoms with Crippen LogP contribution in [-0.4, -0.2) is 25.0 Å². The highest BCUT2D eigenvalue weighted by Crippen LogP contribution is 2.07. The zero-order valence-corrected chi connectivity index (χ0v) is 8.56. The summed E-state index contributed by atoms with van der Waals surface area (Å²) in [5, 5.41) is 0. The quantitative estimate of drug-likeness (QED) is 0.536. The summed E-state index contributed by atoms with van der Waals surface area (Å²) >= 11 is 0. The van der Waals surface area contributed by atoms with Crippen molar-refractivity contribution in [3.63, 3.8) is 0 Å². The van der Waals surface area contributed by atoms with Gasteiger partial charge in [0.2, 0.25) is 0 Å². The number of unbranched alkanes of at least 4 members (excludes halogenated alkanes) is 3. The molecule has 0 aliphatic heterocycles. The number of hydrogen-bond donors (Lipinski definition) is 0. The van der Waals surface area contributed by atoms with E-state index in [9.17, 15) is 0 Å². The minimum absolute atomic E-state index is 0.756. The number of nitrogens with zero attached hydrogens (tertiary/aromatic N) is 1. The molecule has 0 unspecified atom stereocenters. The van der Waals surface area contributed by atoms with Gasteiger partial charge in [-0.1, -0.05) is 32.6 Å². The van der Waals surface area contributed by atoms with Gasteiger partial charge >= 0.3 is 0 Å². The van der Waals surface area contributed by atoms with E-state index in [2.05, 4.69) is 32.8 Å². The molecule has 0 fully saturated rings. The van der Waals surface area contributed by atoms with Gasteiger partial charge in [0, 0.05) is 6.04 Å². The molecule has 1 atom stereocenters. The lowest BCUT2D eigenvalue weighted by Crippen LogP contribution is -2.24. The zero-order valence-electron chi connectivity index (χ0n) is 8.56. The normalized spacial score (nSPS) is 13.9. The molecule has 0 bridgehead atoms. The first-order chi connectivity index (χ1) is 5.18. The van der Waals surface area contributed by atoms with E-state index in [1.807, 2.05) is 0 Å². The van der Waals surface area contributed by atoms with Crippen LogP contribution in [0, 0.1) is 0 Å². The van der Waals surface area contributed by atoms with Crippen LogP contribution < -0.4 is 0 Å². The second-order valence-corrected chi connectivity index (χ2v) is 3.66. The third kappa shape index (κ3) is 6.36. The summed E-state index contributed by atoms with van der Waals surface area (Å²) in [6.45, 7) is 4.56. The third-order valence-electron chi connectivity index (χ3n) is 2.36. The van der Waals surface area contributed by atoms with Gasteiger partial charge in [0.15, 0.2) is 0 Å². The Balaban J connectivity index is 3.10. The summed E-state index contributed by atoms with van der Waals surface area (Å²) in [6, 6.07) is 0.756. The van der Waals surface area contributed by atoms with Crippen molar-refractivity contribution in [1.82, 2.24) is 4.90 Å². The van der Waals surface area contributed by atoms with Crippen molar-refractivity contribution in [3.05, 3.63) is 0 Å². The van der Waals surface area contributed by atoms with Crippen LogP contribution >= 0.6 is 0 Å². The van der Waals surface area contributed by atoms with Crippen molar-refractivity contribution < 1.29 is 0 Å². The lowest BCUT2D eigenvalue weighted by molar-refractivity contribution is 0.291. The molecule has 0 N–H and O–H groups in total. The molecule has 11 heavy (non-hydrogen) atoms. The van der Waals surface area contributed by atoms with Gasteiger partial charge in [0.05, 0.1) is 0 Å². The Morgan fingerprint density at radius 2 is 1.73 bits per heavy atom. The molecule has 1 nitrogen and oxygen atoms in total. The minimum Gasteiger partial charge on any atom is -0.307 e. The van der Waals surface area contributed by atoms with E-state index in [1.165, 1.54) is 32.1 Å². The Bertz CT molecular complexity index is 78.9. The fourth-order valence-electron chi connectivity index (χ4n) is 1.12. The van der Waals surface area contributed by atoms with Crippen molar-refractivity contribution in [3.8, 4) is 0 Å². The van der Waals surface area contributed by atoms with E-state index in [0.717, 1.165) is 6.04 Å². The molecule has 0 spiro atoms. The van der Waals surface area contributed by atoms with E-state index in [4.69, 9.17) is 0 Å². The monoisotopic (exact) mass is 157 g/mol. The van der Waals surface area contributed by atoms with Gasteiger partial charge in [0.25, 0.3) is 0 Å². The van der Waals surface area contributed by atoms with Crippen LogP contribution in [-0.2, 0) is 0 Å². The Kier molecular flexibility index (Phi) is 6.63. The molecule has 0 saturated carbocycles. The van der Waals surface area contributed by atoms with Crippen LogP contribution in [0.3, 0.4) is 0 Å². The van der Waals surface area contributed by atoms with Crippen LogP contribution in [0.25, 0.3) is 0 Å². The highest BCUT2D eigenvalue weighted by molar-refractivity contribution is 4.58. The van der Waals surface area contributed by atoms with Crippen LogP contribution in [0.2, 0.25) is 0 Å². The van der Waals surface area contributed by atoms with Crippen LogP contribution in [0.4, 0.5) is 0 Å². The Hall–Kier alpha value is -0.0400. The molecule has 0 aromatic carbocycles. The summed E-state index contributed by atoms with van der Waals surface area (Å²) in [6.07, 6.45) is 6.91. The predicted molar refractivity (Wildman–Crippen MR) is 51.9 cm³/mol. The summed E-state index contributed by atoms with van der Waals surface area (Å²) in [5.41, 5.74) is 0. The Morgan fingerprint density at radius 1 is 1.09 bits per heavy atom. The van der Waals surface area contributed by atoms with Crippen LogP contribution in [0.5, 0.6) is 0 Å². The second kappa shape index (κ2) is 6.66. The first-order valence-corrected chi connectivity index (χ1v) is 4.85. The van der Waals surface area contributed by atoms with Gasteiger partial charge in [-0.15, -0.1) is 0 Å². The van der Waals surface area contributed by atoms with Gasteiger partial charge in [-0.05, 0) is 27.4 Å². The maximum atomic E-state index is 2.30. The van der Waals surface area contributed by atoms with Crippen molar-refractivity contribution in [2.24, 2.45) is 0 Å². The van der Waals surface area contributed by atoms with Crippen molar-refractivity contribution in [2.45, 2.75) is 52.0 Å². The summed E-state index contributed by atoms with van der Waals surface area (Å²) in [4.78, 5) is 2.30. The second-order valence-electron chi connectivity index (χ2n) is 3.66. The van der Waals surface area contributed by atoms with Gasteiger partial charge in [-0.2, -0.15) is 0 Å². The van der Waals surface area contributed by atoms with E-state index >= 15 is 0 Å². The maximum absolute atomic E-state index is 2.30. The van der Waals surface area contributed by atoms with E-state index < -0.39 is 0 Å². The molecule has 0 radical (unpaired) electrons. The minimum atomic E-state index is 0.756. The van der Waals surface area contributed by atoms with E-state index in [1.54, 1.807) is 0 Å². The number of rotatable bonds is 6. The van der Waals surface area contributed by atoms with E-state index in [-0.39, 0.29) is 0 Å². The number of hydrogen-bond acceptors (Lipinski definition) is 1. The smallest absolute Gasteiger partial charge is 0.00608 e. The fraction of sp³-hybridized carbons (Fsp3) is 1.00. The van der Waals surface area contributed by atoms with Crippen molar-refractivity contribution >= 4 is 0 Å². The zero-order chi connectivity index (χ0) is 8.69. The largest absolute Gasteiger partial charge is 0.307 e. The molecule has 0 aromatic rings. The molecule has 0 rings (SSSR count). The molecule has 1 heteroatoms. The molecule has 0 saturated heterocycles. The fourth-order valence-corrected chi connectivity index (χ4v) is 1.12. The highest BCUT2D eigenvalue weighted by Gasteiger charge is 2.02. The van der Waals surface area contributed by atoms with E-state index in [0.29, 0.717) is 0 Å². The van der Waals surface area contributed by atoms with Gasteiger partial charge < -0.3 is 4.90 Å². The third-order valence-corrected chi connectivity index (χ3v) is 2.36. The molecular weight excluding hydrogens is 134 g/mol. The molecule has 0 amide bonds. The highest BCUT2D eigenvalue weighted by atomic mass is 15.1. The first kappa shape index (κ1) is 11.0. The molecule has 0 heterocycles. The SMILES string of the molecule is CCCCCC[C@H](C)N(C)C. The van der Waals surface area contributed by atoms with Crippen molar-refractivity contribution in [2.75, 3.05) is 14.1 Å². The molecule has 0 aliphatic carbocycles. The summed E-state index contributed by atoms with van der Waals surface area (Å²) in [7, 11) is 4.31. The van der Waals surface area contributed by atoms with Crippen LogP contribution in [0.15, 0.2) is 0 Å². The van der Waals surface area contributed by atoms with Crippen LogP contribution in [0.1, 0.15) is 46.0 Å². The molecular formula is C10H23N. The average molecular weight is 157 g/mol. The molecule has 0 aromatic heterocycles. The average Bonchev–Trinajstić information content (AvgIpc) is 1.97. The van der Waals surface area contributed by atoms with Gasteiger partial charge in [0.1, 0.15) is 0 Å². The van der Waals surface area contributed by atoms with Gasteiger partial charge in [-0.25, -0.2) is 0 Å².